The van der Waals surface area contributed by atoms with Crippen LogP contribution in [0.15, 0.2) is 18.2 Å². The minimum atomic E-state index is -0.503. The number of aliphatic hydroxyl groups is 1. The number of rotatable bonds is 6. The summed E-state index contributed by atoms with van der Waals surface area (Å²) in [5.74, 6) is 0.905. The van der Waals surface area contributed by atoms with Crippen molar-refractivity contribution in [3.8, 4) is 5.75 Å². The highest BCUT2D eigenvalue weighted by molar-refractivity contribution is 5.94. The lowest BCUT2D eigenvalue weighted by Crippen LogP contribution is -2.32. The molecular weight excluding hydrogens is 242 g/mol. The number of aryl methyl sites for hydroxylation is 1. The maximum atomic E-state index is 11.9. The number of aliphatic hydroxyl groups excluding tert-OH is 1. The fourth-order valence-electron chi connectivity index (χ4n) is 1.90. The third kappa shape index (κ3) is 4.91. The molecule has 0 saturated carbocycles. The maximum absolute atomic E-state index is 11.9. The Bertz CT molecular complexity index is 429. The van der Waals surface area contributed by atoms with Crippen molar-refractivity contribution in [2.45, 2.75) is 33.3 Å². The Morgan fingerprint density at radius 2 is 2.11 bits per heavy atom. The van der Waals surface area contributed by atoms with Gasteiger partial charge in [-0.05, 0) is 37.0 Å². The van der Waals surface area contributed by atoms with E-state index in [9.17, 15) is 9.90 Å². The molecule has 0 heterocycles. The molecule has 1 aromatic carbocycles. The number of hydrogen-bond donors (Lipinski definition) is 2. The fraction of sp³-hybridized carbons (Fsp3) is 0.533. The molecule has 0 fully saturated rings. The molecule has 1 aromatic rings. The Labute approximate surface area is 114 Å². The van der Waals surface area contributed by atoms with Gasteiger partial charge in [-0.3, -0.25) is 4.79 Å². The van der Waals surface area contributed by atoms with Crippen molar-refractivity contribution in [1.82, 2.24) is 5.32 Å². The van der Waals surface area contributed by atoms with Gasteiger partial charge in [-0.2, -0.15) is 0 Å². The molecule has 106 valence electrons. The van der Waals surface area contributed by atoms with Gasteiger partial charge in [0.1, 0.15) is 5.75 Å². The van der Waals surface area contributed by atoms with Gasteiger partial charge in [0.15, 0.2) is 0 Å². The summed E-state index contributed by atoms with van der Waals surface area (Å²) in [6.07, 6.45) is 0.175. The molecule has 4 heteroatoms. The number of nitrogens with one attached hydrogen (secondary N) is 1. The molecule has 2 N–H and O–H groups in total. The van der Waals surface area contributed by atoms with Crippen LogP contribution in [0.25, 0.3) is 0 Å². The Morgan fingerprint density at radius 1 is 1.42 bits per heavy atom. The molecular formula is C15H23NO3. The van der Waals surface area contributed by atoms with Gasteiger partial charge in [0, 0.05) is 12.1 Å². The highest BCUT2D eigenvalue weighted by Crippen LogP contribution is 2.18. The lowest BCUT2D eigenvalue weighted by Gasteiger charge is -2.14. The molecule has 0 spiro atoms. The molecule has 0 aliphatic rings. The molecule has 1 unspecified atom stereocenters. The summed E-state index contributed by atoms with van der Waals surface area (Å²) in [5.41, 5.74) is 1.53. The smallest absolute Gasteiger partial charge is 0.251 e. The molecule has 4 nitrogen and oxygen atoms in total. The molecule has 1 rings (SSSR count). The van der Waals surface area contributed by atoms with Crippen LogP contribution in [-0.4, -0.2) is 30.8 Å². The fourth-order valence-corrected chi connectivity index (χ4v) is 1.90. The van der Waals surface area contributed by atoms with Gasteiger partial charge in [-0.15, -0.1) is 0 Å². The number of amides is 1. The van der Waals surface area contributed by atoms with Gasteiger partial charge in [-0.25, -0.2) is 0 Å². The summed E-state index contributed by atoms with van der Waals surface area (Å²) in [4.78, 5) is 11.9. The Morgan fingerprint density at radius 3 is 2.68 bits per heavy atom. The van der Waals surface area contributed by atoms with Gasteiger partial charge in [0.2, 0.25) is 0 Å². The minimum absolute atomic E-state index is 0.193. The predicted octanol–water partition coefficient (Wildman–Crippen LogP) is 2.14. The zero-order chi connectivity index (χ0) is 14.4. The summed E-state index contributed by atoms with van der Waals surface area (Å²) in [5, 5.41) is 12.5. The van der Waals surface area contributed by atoms with E-state index in [2.05, 4.69) is 5.32 Å². The number of methoxy groups -OCH3 is 1. The van der Waals surface area contributed by atoms with Crippen LogP contribution >= 0.6 is 0 Å². The first-order chi connectivity index (χ1) is 8.93. The first-order valence-electron chi connectivity index (χ1n) is 6.55. The second kappa shape index (κ2) is 7.14. The summed E-state index contributed by atoms with van der Waals surface area (Å²) in [7, 11) is 1.58. The van der Waals surface area contributed by atoms with Crippen molar-refractivity contribution in [2.24, 2.45) is 5.92 Å². The third-order valence-electron chi connectivity index (χ3n) is 2.91. The first kappa shape index (κ1) is 15.5. The van der Waals surface area contributed by atoms with Crippen molar-refractivity contribution in [3.05, 3.63) is 29.3 Å². The normalized spacial score (nSPS) is 12.3. The van der Waals surface area contributed by atoms with Gasteiger partial charge < -0.3 is 15.2 Å². The lowest BCUT2D eigenvalue weighted by molar-refractivity contribution is 0.0900. The van der Waals surface area contributed by atoms with Crippen LogP contribution < -0.4 is 10.1 Å². The van der Waals surface area contributed by atoms with E-state index in [-0.39, 0.29) is 12.5 Å². The lowest BCUT2D eigenvalue weighted by atomic mass is 10.1. The van der Waals surface area contributed by atoms with Gasteiger partial charge in [0.05, 0.1) is 13.2 Å². The van der Waals surface area contributed by atoms with Crippen molar-refractivity contribution in [1.29, 1.82) is 0 Å². The van der Waals surface area contributed by atoms with Crippen molar-refractivity contribution < 1.29 is 14.6 Å². The van der Waals surface area contributed by atoms with E-state index < -0.39 is 6.10 Å². The monoisotopic (exact) mass is 265 g/mol. The second-order valence-electron chi connectivity index (χ2n) is 5.18. The van der Waals surface area contributed by atoms with E-state index in [1.54, 1.807) is 19.2 Å². The molecule has 0 bridgehead atoms. The Kier molecular flexibility index (Phi) is 5.83. The van der Waals surface area contributed by atoms with Gasteiger partial charge in [-0.1, -0.05) is 19.9 Å². The number of carbonyl (C=O) groups is 1. The maximum Gasteiger partial charge on any atom is 0.251 e. The summed E-state index contributed by atoms with van der Waals surface area (Å²) in [6, 6.07) is 5.31. The number of hydrogen-bond acceptors (Lipinski definition) is 3. The molecule has 1 amide bonds. The quantitative estimate of drug-likeness (QED) is 0.828. The van der Waals surface area contributed by atoms with E-state index >= 15 is 0 Å². The Hall–Kier alpha value is -1.55. The van der Waals surface area contributed by atoms with Gasteiger partial charge >= 0.3 is 0 Å². The standard InChI is InChI=1S/C15H23NO3/c1-10(2)7-13(17)9-16-15(18)12-6-5-11(3)14(8-12)19-4/h5-6,8,10,13,17H,7,9H2,1-4H3,(H,16,18). The van der Waals surface area contributed by atoms with Crippen molar-refractivity contribution in [2.75, 3.05) is 13.7 Å². The minimum Gasteiger partial charge on any atom is -0.496 e. The molecule has 0 radical (unpaired) electrons. The highest BCUT2D eigenvalue weighted by Gasteiger charge is 2.11. The second-order valence-corrected chi connectivity index (χ2v) is 5.18. The molecule has 1 atom stereocenters. The molecule has 19 heavy (non-hydrogen) atoms. The first-order valence-corrected chi connectivity index (χ1v) is 6.55. The zero-order valence-electron chi connectivity index (χ0n) is 12.1. The average molecular weight is 265 g/mol. The summed E-state index contributed by atoms with van der Waals surface area (Å²) in [6.45, 7) is 6.27. The largest absolute Gasteiger partial charge is 0.496 e. The molecule has 0 aromatic heterocycles. The summed E-state index contributed by atoms with van der Waals surface area (Å²) < 4.78 is 5.18. The van der Waals surface area contributed by atoms with Gasteiger partial charge in [0.25, 0.3) is 5.91 Å². The van der Waals surface area contributed by atoms with Crippen LogP contribution in [0.3, 0.4) is 0 Å². The van der Waals surface area contributed by atoms with Crippen molar-refractivity contribution in [3.63, 3.8) is 0 Å². The molecule has 0 aliphatic carbocycles. The van der Waals surface area contributed by atoms with E-state index in [0.717, 1.165) is 5.56 Å². The van der Waals surface area contributed by atoms with Crippen molar-refractivity contribution >= 4 is 5.91 Å². The molecule has 0 saturated heterocycles. The number of ether oxygens (including phenoxy) is 1. The van der Waals surface area contributed by atoms with E-state index in [1.807, 2.05) is 26.8 Å². The highest BCUT2D eigenvalue weighted by atomic mass is 16.5. The summed E-state index contributed by atoms with van der Waals surface area (Å²) >= 11 is 0. The van der Waals surface area contributed by atoms with Crippen LogP contribution in [0.2, 0.25) is 0 Å². The van der Waals surface area contributed by atoms with Crippen LogP contribution in [-0.2, 0) is 0 Å². The predicted molar refractivity (Wildman–Crippen MR) is 75.5 cm³/mol. The van der Waals surface area contributed by atoms with Crippen LogP contribution in [0.5, 0.6) is 5.75 Å². The Balaban J connectivity index is 2.58. The third-order valence-corrected chi connectivity index (χ3v) is 2.91. The van der Waals surface area contributed by atoms with Crippen LogP contribution in [0.1, 0.15) is 36.2 Å². The zero-order valence-corrected chi connectivity index (χ0v) is 12.1. The van der Waals surface area contributed by atoms with Crippen LogP contribution in [0.4, 0.5) is 0 Å². The van der Waals surface area contributed by atoms with Crippen LogP contribution in [0, 0.1) is 12.8 Å². The van der Waals surface area contributed by atoms with E-state index in [4.69, 9.17) is 4.74 Å². The number of benzene rings is 1. The SMILES string of the molecule is COc1cc(C(=O)NCC(O)CC(C)C)ccc1C. The number of carbonyl (C=O) groups excluding carboxylic acids is 1. The molecule has 0 aliphatic heterocycles. The average Bonchev–Trinajstić information content (AvgIpc) is 2.35. The van der Waals surface area contributed by atoms with E-state index in [0.29, 0.717) is 23.7 Å². The topological polar surface area (TPSA) is 58.6 Å². The van der Waals surface area contributed by atoms with E-state index in [1.165, 1.54) is 0 Å².